The van der Waals surface area contributed by atoms with E-state index in [2.05, 4.69) is 20.2 Å². The van der Waals surface area contributed by atoms with Crippen LogP contribution in [0, 0.1) is 5.92 Å². The molecule has 2 aromatic rings. The molecule has 2 aromatic heterocycles. The Balaban J connectivity index is 1.74. The summed E-state index contributed by atoms with van der Waals surface area (Å²) in [6.07, 6.45) is 2.29. The van der Waals surface area contributed by atoms with Gasteiger partial charge in [-0.05, 0) is 24.8 Å². The second-order valence-electron chi connectivity index (χ2n) is 5.50. The van der Waals surface area contributed by atoms with Crippen molar-refractivity contribution in [3.05, 3.63) is 17.3 Å². The van der Waals surface area contributed by atoms with Gasteiger partial charge in [0.05, 0.1) is 15.1 Å². The van der Waals surface area contributed by atoms with Crippen molar-refractivity contribution >= 4 is 39.4 Å². The topological polar surface area (TPSA) is 121 Å². The van der Waals surface area contributed by atoms with Gasteiger partial charge < -0.3 is 21.1 Å². The van der Waals surface area contributed by atoms with Crippen LogP contribution in [0.2, 0.25) is 0 Å². The van der Waals surface area contributed by atoms with Gasteiger partial charge in [0.15, 0.2) is 0 Å². The van der Waals surface area contributed by atoms with Crippen molar-refractivity contribution in [1.82, 2.24) is 15.3 Å². The molecule has 3 heterocycles. The van der Waals surface area contributed by atoms with E-state index < -0.39 is 12.0 Å². The average molecular weight is 335 g/mol. The lowest BCUT2D eigenvalue weighted by Crippen LogP contribution is -2.38. The number of fused-ring (bicyclic) bond motifs is 1. The summed E-state index contributed by atoms with van der Waals surface area (Å²) in [6.45, 7) is 2.07. The highest BCUT2D eigenvalue weighted by Crippen LogP contribution is 2.33. The van der Waals surface area contributed by atoms with Gasteiger partial charge >= 0.3 is 6.09 Å². The fraction of sp³-hybridized carbons (Fsp3) is 0.429. The Morgan fingerprint density at radius 2 is 2.13 bits per heavy atom. The molecule has 8 nitrogen and oxygen atoms in total. The van der Waals surface area contributed by atoms with Gasteiger partial charge in [0.1, 0.15) is 12.1 Å². The van der Waals surface area contributed by atoms with Gasteiger partial charge in [-0.3, -0.25) is 4.79 Å². The number of aromatic nitrogens is 2. The molecule has 0 aliphatic carbocycles. The summed E-state index contributed by atoms with van der Waals surface area (Å²) in [4.78, 5) is 33.1. The molecule has 0 saturated carbocycles. The first-order valence-electron chi connectivity index (χ1n) is 7.30. The third-order valence-electron chi connectivity index (χ3n) is 3.99. The van der Waals surface area contributed by atoms with E-state index in [1.807, 2.05) is 0 Å². The number of primary amides is 1. The summed E-state index contributed by atoms with van der Waals surface area (Å²) >= 11 is 1.31. The first-order valence-corrected chi connectivity index (χ1v) is 8.12. The largest absolute Gasteiger partial charge is 0.465 e. The zero-order valence-corrected chi connectivity index (χ0v) is 13.2. The normalized spacial score (nSPS) is 15.7. The molecule has 1 saturated heterocycles. The molecule has 0 radical (unpaired) electrons. The first-order chi connectivity index (χ1) is 11.0. The number of hydrogen-bond donors (Lipinski definition) is 3. The number of anilines is 1. The van der Waals surface area contributed by atoms with Crippen molar-refractivity contribution in [2.75, 3.05) is 24.5 Å². The van der Waals surface area contributed by atoms with Crippen LogP contribution in [0.5, 0.6) is 0 Å². The van der Waals surface area contributed by atoms with E-state index in [1.165, 1.54) is 17.7 Å². The van der Waals surface area contributed by atoms with Crippen LogP contribution in [0.3, 0.4) is 0 Å². The Kier molecular flexibility index (Phi) is 4.28. The predicted molar refractivity (Wildman–Crippen MR) is 86.9 cm³/mol. The van der Waals surface area contributed by atoms with Crippen molar-refractivity contribution in [2.45, 2.75) is 12.8 Å². The molecule has 0 atom stereocenters. The Morgan fingerprint density at radius 1 is 1.39 bits per heavy atom. The van der Waals surface area contributed by atoms with Gasteiger partial charge in [0.25, 0.3) is 5.91 Å². The molecule has 0 aromatic carbocycles. The van der Waals surface area contributed by atoms with Gasteiger partial charge in [-0.2, -0.15) is 0 Å². The van der Waals surface area contributed by atoms with Crippen molar-refractivity contribution in [3.8, 4) is 0 Å². The highest BCUT2D eigenvalue weighted by Gasteiger charge is 2.23. The van der Waals surface area contributed by atoms with Crippen molar-refractivity contribution in [1.29, 1.82) is 0 Å². The summed E-state index contributed by atoms with van der Waals surface area (Å²) in [7, 11) is 0. The number of piperidine rings is 1. The fourth-order valence-corrected chi connectivity index (χ4v) is 3.75. The Hall–Kier alpha value is -2.42. The lowest BCUT2D eigenvalue weighted by Gasteiger charge is -2.32. The van der Waals surface area contributed by atoms with Crippen LogP contribution < -0.4 is 16.0 Å². The zero-order valence-electron chi connectivity index (χ0n) is 12.4. The molecule has 0 bridgehead atoms. The molecular weight excluding hydrogens is 318 g/mol. The number of carboxylic acid groups (broad SMARTS) is 1. The van der Waals surface area contributed by atoms with E-state index in [9.17, 15) is 9.59 Å². The SMILES string of the molecule is NC(=O)c1cc2ncnc(N3CCC(CNC(=O)O)CC3)c2s1. The Labute approximate surface area is 136 Å². The summed E-state index contributed by atoms with van der Waals surface area (Å²) in [5, 5.41) is 11.1. The minimum atomic E-state index is -0.984. The van der Waals surface area contributed by atoms with E-state index in [-0.39, 0.29) is 0 Å². The molecule has 23 heavy (non-hydrogen) atoms. The van der Waals surface area contributed by atoms with E-state index >= 15 is 0 Å². The highest BCUT2D eigenvalue weighted by atomic mass is 32.1. The van der Waals surface area contributed by atoms with Gasteiger partial charge in [-0.15, -0.1) is 11.3 Å². The summed E-state index contributed by atoms with van der Waals surface area (Å²) in [5.74, 6) is 0.693. The quantitative estimate of drug-likeness (QED) is 0.773. The van der Waals surface area contributed by atoms with Crippen molar-refractivity contribution in [3.63, 3.8) is 0 Å². The second kappa shape index (κ2) is 6.37. The molecule has 4 N–H and O–H groups in total. The molecule has 2 amide bonds. The number of nitrogens with two attached hydrogens (primary N) is 1. The zero-order chi connectivity index (χ0) is 16.4. The number of carbonyl (C=O) groups excluding carboxylic acids is 1. The summed E-state index contributed by atoms with van der Waals surface area (Å²) in [5.41, 5.74) is 6.06. The average Bonchev–Trinajstić information content (AvgIpc) is 2.98. The lowest BCUT2D eigenvalue weighted by atomic mass is 9.97. The maximum absolute atomic E-state index is 11.3. The number of nitrogens with one attached hydrogen (secondary N) is 1. The number of nitrogens with zero attached hydrogens (tertiary/aromatic N) is 3. The van der Waals surface area contributed by atoms with E-state index in [0.29, 0.717) is 17.3 Å². The van der Waals surface area contributed by atoms with Crippen LogP contribution >= 0.6 is 11.3 Å². The third-order valence-corrected chi connectivity index (χ3v) is 5.13. The first kappa shape index (κ1) is 15.5. The standard InChI is InChI=1S/C14H17N5O3S/c15-12(20)10-5-9-11(23-10)13(18-7-17-9)19-3-1-8(2-4-19)6-16-14(21)22/h5,7-8,16H,1-4,6H2,(H2,15,20)(H,21,22). The highest BCUT2D eigenvalue weighted by molar-refractivity contribution is 7.21. The number of amides is 2. The Bertz CT molecular complexity index is 739. The molecule has 0 spiro atoms. The number of carbonyl (C=O) groups is 2. The van der Waals surface area contributed by atoms with E-state index in [1.54, 1.807) is 6.07 Å². The van der Waals surface area contributed by atoms with Crippen LogP contribution in [0.15, 0.2) is 12.4 Å². The molecule has 1 fully saturated rings. The van der Waals surface area contributed by atoms with Gasteiger partial charge in [0.2, 0.25) is 0 Å². The van der Waals surface area contributed by atoms with Crippen molar-refractivity contribution < 1.29 is 14.7 Å². The number of hydrogen-bond acceptors (Lipinski definition) is 6. The monoisotopic (exact) mass is 335 g/mol. The van der Waals surface area contributed by atoms with Crippen LogP contribution in [0.1, 0.15) is 22.5 Å². The third kappa shape index (κ3) is 3.34. The maximum atomic E-state index is 11.3. The van der Waals surface area contributed by atoms with E-state index in [0.717, 1.165) is 42.0 Å². The summed E-state index contributed by atoms with van der Waals surface area (Å²) in [6, 6.07) is 1.69. The van der Waals surface area contributed by atoms with Crippen LogP contribution in [-0.4, -0.2) is 46.7 Å². The molecule has 122 valence electrons. The molecule has 9 heteroatoms. The number of thiophene rings is 1. The minimum Gasteiger partial charge on any atom is -0.465 e. The minimum absolute atomic E-state index is 0.337. The molecule has 0 unspecified atom stereocenters. The van der Waals surface area contributed by atoms with Gasteiger partial charge in [-0.1, -0.05) is 0 Å². The van der Waals surface area contributed by atoms with Crippen LogP contribution in [0.4, 0.5) is 10.6 Å². The number of rotatable bonds is 4. The fourth-order valence-electron chi connectivity index (χ4n) is 2.77. The van der Waals surface area contributed by atoms with Crippen LogP contribution in [-0.2, 0) is 0 Å². The summed E-state index contributed by atoms with van der Waals surface area (Å²) < 4.78 is 0.864. The van der Waals surface area contributed by atoms with Crippen LogP contribution in [0.25, 0.3) is 10.2 Å². The smallest absolute Gasteiger partial charge is 0.404 e. The molecule has 3 rings (SSSR count). The van der Waals surface area contributed by atoms with Crippen molar-refractivity contribution in [2.24, 2.45) is 11.7 Å². The maximum Gasteiger partial charge on any atom is 0.404 e. The van der Waals surface area contributed by atoms with Gasteiger partial charge in [0, 0.05) is 19.6 Å². The molecule has 1 aliphatic heterocycles. The molecular formula is C14H17N5O3S. The Morgan fingerprint density at radius 3 is 2.78 bits per heavy atom. The van der Waals surface area contributed by atoms with E-state index in [4.69, 9.17) is 10.8 Å². The predicted octanol–water partition coefficient (Wildman–Crippen LogP) is 1.27. The lowest BCUT2D eigenvalue weighted by molar-refractivity contribution is 0.100. The second-order valence-corrected chi connectivity index (χ2v) is 6.56. The molecule has 1 aliphatic rings. The van der Waals surface area contributed by atoms with Gasteiger partial charge in [-0.25, -0.2) is 14.8 Å².